The number of amides is 1. The molecule has 1 aromatic heterocycles. The lowest BCUT2D eigenvalue weighted by Crippen LogP contribution is -2.33. The summed E-state index contributed by atoms with van der Waals surface area (Å²) in [4.78, 5) is 15.3. The zero-order chi connectivity index (χ0) is 13.1. The van der Waals surface area contributed by atoms with Crippen LogP contribution >= 0.6 is 0 Å². The van der Waals surface area contributed by atoms with Crippen LogP contribution in [-0.2, 0) is 0 Å². The molecule has 0 saturated heterocycles. The second-order valence-corrected chi connectivity index (χ2v) is 5.25. The van der Waals surface area contributed by atoms with Crippen molar-refractivity contribution in [2.24, 2.45) is 5.92 Å². The van der Waals surface area contributed by atoms with E-state index in [1.54, 1.807) is 0 Å². The Labute approximate surface area is 108 Å². The number of aromatic amines is 1. The van der Waals surface area contributed by atoms with Gasteiger partial charge in [0.05, 0.1) is 11.1 Å². The molecule has 1 atom stereocenters. The predicted molar refractivity (Wildman–Crippen MR) is 74.7 cm³/mol. The van der Waals surface area contributed by atoms with E-state index in [0.717, 1.165) is 17.3 Å². The van der Waals surface area contributed by atoms with E-state index in [0.29, 0.717) is 11.5 Å². The summed E-state index contributed by atoms with van der Waals surface area (Å²) < 4.78 is 0. The molecule has 0 spiro atoms. The fourth-order valence-corrected chi connectivity index (χ4v) is 2.34. The molecule has 0 aliphatic carbocycles. The largest absolute Gasteiger partial charge is 0.361 e. The highest BCUT2D eigenvalue weighted by molar-refractivity contribution is 6.05. The average Bonchev–Trinajstić information content (AvgIpc) is 2.74. The first-order valence-corrected chi connectivity index (χ1v) is 6.45. The molecule has 0 aliphatic rings. The zero-order valence-corrected chi connectivity index (χ0v) is 11.2. The molecule has 18 heavy (non-hydrogen) atoms. The van der Waals surface area contributed by atoms with Gasteiger partial charge < -0.3 is 10.3 Å². The fourth-order valence-electron chi connectivity index (χ4n) is 2.34. The Morgan fingerprint density at radius 3 is 2.78 bits per heavy atom. The van der Waals surface area contributed by atoms with Crippen LogP contribution in [0.25, 0.3) is 10.9 Å². The van der Waals surface area contributed by atoms with Crippen molar-refractivity contribution in [2.75, 3.05) is 0 Å². The summed E-state index contributed by atoms with van der Waals surface area (Å²) in [5.74, 6) is 0.581. The van der Waals surface area contributed by atoms with E-state index >= 15 is 0 Å². The van der Waals surface area contributed by atoms with E-state index in [9.17, 15) is 4.79 Å². The number of carbonyl (C=O) groups is 1. The second kappa shape index (κ2) is 5.25. The molecule has 1 unspecified atom stereocenters. The van der Waals surface area contributed by atoms with Crippen LogP contribution in [0, 0.1) is 5.92 Å². The molecule has 2 N–H and O–H groups in total. The van der Waals surface area contributed by atoms with Crippen molar-refractivity contribution in [1.29, 1.82) is 0 Å². The minimum atomic E-state index is -0.00352. The summed E-state index contributed by atoms with van der Waals surface area (Å²) >= 11 is 0. The lowest BCUT2D eigenvalue weighted by Gasteiger charge is -2.16. The Hall–Kier alpha value is -1.77. The Bertz CT molecular complexity index is 542. The monoisotopic (exact) mass is 244 g/mol. The molecule has 0 bridgehead atoms. The number of para-hydroxylation sites is 1. The van der Waals surface area contributed by atoms with Gasteiger partial charge in [0.15, 0.2) is 0 Å². The summed E-state index contributed by atoms with van der Waals surface area (Å²) in [6, 6.07) is 7.95. The van der Waals surface area contributed by atoms with Gasteiger partial charge in [0.2, 0.25) is 0 Å². The van der Waals surface area contributed by atoms with Gasteiger partial charge in [-0.25, -0.2) is 0 Å². The van der Waals surface area contributed by atoms with E-state index < -0.39 is 0 Å². The molecule has 2 aromatic rings. The first kappa shape index (κ1) is 12.7. The molecule has 1 heterocycles. The molecule has 2 rings (SSSR count). The summed E-state index contributed by atoms with van der Waals surface area (Å²) in [7, 11) is 0. The maximum absolute atomic E-state index is 12.2. The van der Waals surface area contributed by atoms with Gasteiger partial charge in [0, 0.05) is 17.6 Å². The third-order valence-electron chi connectivity index (χ3n) is 3.03. The van der Waals surface area contributed by atoms with Crippen LogP contribution in [0.4, 0.5) is 0 Å². The summed E-state index contributed by atoms with van der Waals surface area (Å²) in [5.41, 5.74) is 1.62. The highest BCUT2D eigenvalue weighted by Gasteiger charge is 2.13. The standard InChI is InChI=1S/C15H20N2O/c1-10(2)9-11(3)17-15(18)13-6-4-5-12-7-8-16-14(12)13/h4-8,10-11,16H,9H2,1-3H3,(H,17,18). The van der Waals surface area contributed by atoms with Crippen LogP contribution in [-0.4, -0.2) is 16.9 Å². The number of fused-ring (bicyclic) bond motifs is 1. The fraction of sp³-hybridized carbons (Fsp3) is 0.400. The van der Waals surface area contributed by atoms with Crippen LogP contribution in [0.1, 0.15) is 37.6 Å². The van der Waals surface area contributed by atoms with Crippen molar-refractivity contribution in [3.8, 4) is 0 Å². The zero-order valence-electron chi connectivity index (χ0n) is 11.2. The highest BCUT2D eigenvalue weighted by atomic mass is 16.1. The first-order chi connectivity index (χ1) is 8.58. The van der Waals surface area contributed by atoms with Gasteiger partial charge in [-0.15, -0.1) is 0 Å². The van der Waals surface area contributed by atoms with Gasteiger partial charge in [-0.1, -0.05) is 26.0 Å². The van der Waals surface area contributed by atoms with Gasteiger partial charge in [-0.3, -0.25) is 4.79 Å². The number of H-pyrrole nitrogens is 1. The van der Waals surface area contributed by atoms with E-state index in [1.807, 2.05) is 37.4 Å². The van der Waals surface area contributed by atoms with E-state index in [4.69, 9.17) is 0 Å². The maximum Gasteiger partial charge on any atom is 0.253 e. The first-order valence-electron chi connectivity index (χ1n) is 6.45. The molecule has 0 aliphatic heterocycles. The Kier molecular flexibility index (Phi) is 3.70. The summed E-state index contributed by atoms with van der Waals surface area (Å²) in [6.45, 7) is 6.37. The number of nitrogens with one attached hydrogen (secondary N) is 2. The second-order valence-electron chi connectivity index (χ2n) is 5.25. The molecule has 96 valence electrons. The molecule has 0 fully saturated rings. The Balaban J connectivity index is 2.16. The van der Waals surface area contributed by atoms with Crippen LogP contribution in [0.3, 0.4) is 0 Å². The molecule has 0 radical (unpaired) electrons. The third-order valence-corrected chi connectivity index (χ3v) is 3.03. The third kappa shape index (κ3) is 2.73. The minimum absolute atomic E-state index is 0.00352. The Morgan fingerprint density at radius 2 is 2.06 bits per heavy atom. The summed E-state index contributed by atoms with van der Waals surface area (Å²) in [5, 5.41) is 4.12. The number of benzene rings is 1. The lowest BCUT2D eigenvalue weighted by molar-refractivity contribution is 0.0937. The molecule has 1 aromatic carbocycles. The van der Waals surface area contributed by atoms with Crippen molar-refractivity contribution in [3.63, 3.8) is 0 Å². The molecular formula is C15H20N2O. The van der Waals surface area contributed by atoms with Crippen molar-refractivity contribution in [3.05, 3.63) is 36.0 Å². The van der Waals surface area contributed by atoms with Crippen LogP contribution in [0.5, 0.6) is 0 Å². The van der Waals surface area contributed by atoms with Crippen molar-refractivity contribution < 1.29 is 4.79 Å². The van der Waals surface area contributed by atoms with E-state index in [-0.39, 0.29) is 11.9 Å². The normalized spacial score (nSPS) is 12.9. The predicted octanol–water partition coefficient (Wildman–Crippen LogP) is 3.33. The number of rotatable bonds is 4. The number of aromatic nitrogens is 1. The van der Waals surface area contributed by atoms with Crippen LogP contribution < -0.4 is 5.32 Å². The number of hydrogen-bond acceptors (Lipinski definition) is 1. The maximum atomic E-state index is 12.2. The summed E-state index contributed by atoms with van der Waals surface area (Å²) in [6.07, 6.45) is 2.85. The van der Waals surface area contributed by atoms with E-state index in [1.165, 1.54) is 0 Å². The Morgan fingerprint density at radius 1 is 1.28 bits per heavy atom. The van der Waals surface area contributed by atoms with E-state index in [2.05, 4.69) is 24.1 Å². The van der Waals surface area contributed by atoms with Crippen LogP contribution in [0.2, 0.25) is 0 Å². The average molecular weight is 244 g/mol. The van der Waals surface area contributed by atoms with Gasteiger partial charge in [-0.05, 0) is 31.4 Å². The molecular weight excluding hydrogens is 224 g/mol. The van der Waals surface area contributed by atoms with Crippen LogP contribution in [0.15, 0.2) is 30.5 Å². The number of carbonyl (C=O) groups excluding carboxylic acids is 1. The smallest absolute Gasteiger partial charge is 0.253 e. The molecule has 0 saturated carbocycles. The minimum Gasteiger partial charge on any atom is -0.361 e. The van der Waals surface area contributed by atoms with Gasteiger partial charge >= 0.3 is 0 Å². The van der Waals surface area contributed by atoms with Gasteiger partial charge in [0.1, 0.15) is 0 Å². The number of hydrogen-bond donors (Lipinski definition) is 2. The quantitative estimate of drug-likeness (QED) is 0.851. The lowest BCUT2D eigenvalue weighted by atomic mass is 10.0. The molecule has 3 nitrogen and oxygen atoms in total. The topological polar surface area (TPSA) is 44.9 Å². The van der Waals surface area contributed by atoms with Crippen molar-refractivity contribution >= 4 is 16.8 Å². The van der Waals surface area contributed by atoms with Gasteiger partial charge in [0.25, 0.3) is 5.91 Å². The van der Waals surface area contributed by atoms with Gasteiger partial charge in [-0.2, -0.15) is 0 Å². The van der Waals surface area contributed by atoms with Crippen molar-refractivity contribution in [2.45, 2.75) is 33.2 Å². The molecule has 1 amide bonds. The van der Waals surface area contributed by atoms with Crippen molar-refractivity contribution in [1.82, 2.24) is 10.3 Å². The molecule has 3 heteroatoms. The SMILES string of the molecule is CC(C)CC(C)NC(=O)c1cccc2cc[nH]c12. The highest BCUT2D eigenvalue weighted by Crippen LogP contribution is 2.17.